The van der Waals surface area contributed by atoms with Crippen molar-refractivity contribution in [1.29, 1.82) is 5.26 Å². The average molecular weight is 255 g/mol. The molecule has 19 heavy (non-hydrogen) atoms. The van der Waals surface area contributed by atoms with Crippen LogP contribution in [0.3, 0.4) is 0 Å². The summed E-state index contributed by atoms with van der Waals surface area (Å²) in [5.41, 5.74) is -0.156. The number of carboxylic acid groups (broad SMARTS) is 1. The molecule has 0 aliphatic rings. The van der Waals surface area contributed by atoms with Crippen LogP contribution in [-0.2, 0) is 6.54 Å². The van der Waals surface area contributed by atoms with E-state index in [1.807, 2.05) is 6.07 Å². The highest BCUT2D eigenvalue weighted by Gasteiger charge is 2.15. The van der Waals surface area contributed by atoms with Crippen molar-refractivity contribution in [2.24, 2.45) is 0 Å². The first-order chi connectivity index (χ1) is 9.15. The van der Waals surface area contributed by atoms with E-state index < -0.39 is 11.5 Å². The van der Waals surface area contributed by atoms with Crippen LogP contribution in [0.5, 0.6) is 0 Å². The number of hydrogen-bond acceptors (Lipinski definition) is 4. The lowest BCUT2D eigenvalue weighted by Gasteiger charge is -2.09. The van der Waals surface area contributed by atoms with E-state index in [2.05, 4.69) is 4.98 Å². The Kier molecular flexibility index (Phi) is 3.39. The maximum absolute atomic E-state index is 12.0. The third-order valence-corrected chi connectivity index (χ3v) is 2.56. The first-order valence-corrected chi connectivity index (χ1v) is 5.40. The Labute approximate surface area is 108 Å². The second-order valence-corrected chi connectivity index (χ2v) is 3.70. The zero-order valence-corrected chi connectivity index (χ0v) is 9.78. The van der Waals surface area contributed by atoms with Crippen LogP contribution in [0.1, 0.15) is 10.4 Å². The van der Waals surface area contributed by atoms with Gasteiger partial charge in [0, 0.05) is 6.20 Å². The molecule has 0 aromatic carbocycles. The molecule has 2 rings (SSSR count). The van der Waals surface area contributed by atoms with Crippen LogP contribution in [0.15, 0.2) is 41.3 Å². The van der Waals surface area contributed by atoms with Crippen LogP contribution in [-0.4, -0.2) is 20.6 Å². The van der Waals surface area contributed by atoms with Gasteiger partial charge in [-0.25, -0.2) is 4.79 Å². The van der Waals surface area contributed by atoms with E-state index in [-0.39, 0.29) is 12.1 Å². The van der Waals surface area contributed by atoms with E-state index in [0.29, 0.717) is 11.4 Å². The highest BCUT2D eigenvalue weighted by Crippen LogP contribution is 2.15. The second-order valence-electron chi connectivity index (χ2n) is 3.70. The molecule has 0 spiro atoms. The summed E-state index contributed by atoms with van der Waals surface area (Å²) in [7, 11) is 0. The zero-order chi connectivity index (χ0) is 13.8. The number of nitrogens with zero attached hydrogens (tertiary/aromatic N) is 3. The van der Waals surface area contributed by atoms with Crippen molar-refractivity contribution >= 4 is 5.97 Å². The van der Waals surface area contributed by atoms with Gasteiger partial charge in [-0.1, -0.05) is 6.07 Å². The Hall–Kier alpha value is -2.94. The number of rotatable bonds is 3. The maximum Gasteiger partial charge on any atom is 0.341 e. The molecule has 1 N–H and O–H groups in total. The van der Waals surface area contributed by atoms with Crippen molar-refractivity contribution < 1.29 is 9.90 Å². The van der Waals surface area contributed by atoms with Gasteiger partial charge in [0.2, 0.25) is 0 Å². The molecule has 0 aliphatic heterocycles. The minimum atomic E-state index is -1.32. The van der Waals surface area contributed by atoms with Crippen molar-refractivity contribution in [3.8, 4) is 17.5 Å². The smallest absolute Gasteiger partial charge is 0.341 e. The van der Waals surface area contributed by atoms with E-state index in [1.165, 1.54) is 12.1 Å². The Morgan fingerprint density at radius 2 is 2.16 bits per heavy atom. The lowest BCUT2D eigenvalue weighted by molar-refractivity contribution is 0.0694. The van der Waals surface area contributed by atoms with Gasteiger partial charge in [-0.15, -0.1) is 0 Å². The predicted octanol–water partition coefficient (Wildman–Crippen LogP) is 1.13. The van der Waals surface area contributed by atoms with Crippen LogP contribution in [0, 0.1) is 11.3 Å². The Bertz CT molecular complexity index is 714. The predicted molar refractivity (Wildman–Crippen MR) is 66.5 cm³/mol. The van der Waals surface area contributed by atoms with Crippen molar-refractivity contribution in [2.45, 2.75) is 6.54 Å². The molecule has 2 heterocycles. The van der Waals surface area contributed by atoms with Gasteiger partial charge in [0.15, 0.2) is 0 Å². The number of carboxylic acids is 1. The van der Waals surface area contributed by atoms with Crippen LogP contribution >= 0.6 is 0 Å². The summed E-state index contributed by atoms with van der Waals surface area (Å²) in [6.45, 7) is -0.230. The minimum Gasteiger partial charge on any atom is -0.477 e. The highest BCUT2D eigenvalue weighted by atomic mass is 16.4. The molecule has 0 unspecified atom stereocenters. The fraction of sp³-hybridized carbons (Fsp3) is 0.0769. The fourth-order valence-electron chi connectivity index (χ4n) is 1.71. The second kappa shape index (κ2) is 5.14. The molecular formula is C13H9N3O3. The van der Waals surface area contributed by atoms with Gasteiger partial charge in [-0.2, -0.15) is 5.26 Å². The van der Waals surface area contributed by atoms with Crippen LogP contribution < -0.4 is 5.56 Å². The van der Waals surface area contributed by atoms with Gasteiger partial charge < -0.3 is 5.11 Å². The molecule has 0 saturated carbocycles. The van der Waals surface area contributed by atoms with Crippen molar-refractivity contribution in [3.63, 3.8) is 0 Å². The summed E-state index contributed by atoms with van der Waals surface area (Å²) >= 11 is 0. The number of aromatic carboxylic acids is 1. The monoisotopic (exact) mass is 255 g/mol. The summed E-state index contributed by atoms with van der Waals surface area (Å²) in [5, 5.41) is 17.7. The van der Waals surface area contributed by atoms with E-state index >= 15 is 0 Å². The summed E-state index contributed by atoms with van der Waals surface area (Å²) < 4.78 is 1.10. The standard InChI is InChI=1S/C13H9N3O3/c14-6-8-16-11(10-3-1-2-7-15-10)5-4-9(12(16)17)13(18)19/h1-5,7H,8H2,(H,18,19). The van der Waals surface area contributed by atoms with Gasteiger partial charge in [0.1, 0.15) is 12.1 Å². The molecular weight excluding hydrogens is 246 g/mol. The molecule has 0 bridgehead atoms. The molecule has 0 amide bonds. The Morgan fingerprint density at radius 3 is 2.74 bits per heavy atom. The topological polar surface area (TPSA) is 96.0 Å². The highest BCUT2D eigenvalue weighted by molar-refractivity contribution is 5.87. The molecule has 6 heteroatoms. The first-order valence-electron chi connectivity index (χ1n) is 5.40. The third-order valence-electron chi connectivity index (χ3n) is 2.56. The van der Waals surface area contributed by atoms with Gasteiger partial charge >= 0.3 is 5.97 Å². The maximum atomic E-state index is 12.0. The van der Waals surface area contributed by atoms with E-state index in [0.717, 1.165) is 4.57 Å². The van der Waals surface area contributed by atoms with Crippen LogP contribution in [0.25, 0.3) is 11.4 Å². The fourth-order valence-corrected chi connectivity index (χ4v) is 1.71. The van der Waals surface area contributed by atoms with Crippen LogP contribution in [0.4, 0.5) is 0 Å². The molecule has 0 fully saturated rings. The van der Waals surface area contributed by atoms with Gasteiger partial charge in [-0.3, -0.25) is 14.3 Å². The first kappa shape index (κ1) is 12.5. The summed E-state index contributed by atoms with van der Waals surface area (Å²) in [4.78, 5) is 27.0. The van der Waals surface area contributed by atoms with Crippen molar-refractivity contribution in [2.75, 3.05) is 0 Å². The molecule has 0 radical (unpaired) electrons. The molecule has 0 aliphatic carbocycles. The van der Waals surface area contributed by atoms with Crippen molar-refractivity contribution in [3.05, 3.63) is 52.4 Å². The lowest BCUT2D eigenvalue weighted by Crippen LogP contribution is -2.27. The van der Waals surface area contributed by atoms with Gasteiger partial charge in [0.25, 0.3) is 5.56 Å². The normalized spacial score (nSPS) is 9.84. The molecule has 94 valence electrons. The SMILES string of the molecule is N#CCn1c(-c2ccccn2)ccc(C(=O)O)c1=O. The number of nitriles is 1. The minimum absolute atomic E-state index is 0.230. The van der Waals surface area contributed by atoms with E-state index in [1.54, 1.807) is 24.4 Å². The molecule has 0 saturated heterocycles. The molecule has 2 aromatic heterocycles. The summed E-state index contributed by atoms with van der Waals surface area (Å²) in [5.74, 6) is -1.32. The van der Waals surface area contributed by atoms with Gasteiger partial charge in [-0.05, 0) is 24.3 Å². The molecule has 6 nitrogen and oxygen atoms in total. The van der Waals surface area contributed by atoms with E-state index in [4.69, 9.17) is 10.4 Å². The van der Waals surface area contributed by atoms with Gasteiger partial charge in [0.05, 0.1) is 17.5 Å². The largest absolute Gasteiger partial charge is 0.477 e. The average Bonchev–Trinajstić information content (AvgIpc) is 2.41. The number of carbonyl (C=O) groups is 1. The zero-order valence-electron chi connectivity index (χ0n) is 9.78. The Balaban J connectivity index is 2.70. The quantitative estimate of drug-likeness (QED) is 0.886. The summed E-state index contributed by atoms with van der Waals surface area (Å²) in [6.07, 6.45) is 1.56. The number of hydrogen-bond donors (Lipinski definition) is 1. The number of pyridine rings is 2. The molecule has 2 aromatic rings. The van der Waals surface area contributed by atoms with Crippen LogP contribution in [0.2, 0.25) is 0 Å². The lowest BCUT2D eigenvalue weighted by atomic mass is 10.2. The third kappa shape index (κ3) is 2.35. The number of aromatic nitrogens is 2. The molecule has 0 atom stereocenters. The van der Waals surface area contributed by atoms with Crippen molar-refractivity contribution in [1.82, 2.24) is 9.55 Å². The summed E-state index contributed by atoms with van der Waals surface area (Å²) in [6, 6.07) is 9.70. The van der Waals surface area contributed by atoms with E-state index in [9.17, 15) is 9.59 Å². The Morgan fingerprint density at radius 1 is 1.37 bits per heavy atom.